The van der Waals surface area contributed by atoms with Crippen molar-refractivity contribution in [2.24, 2.45) is 0 Å². The van der Waals surface area contributed by atoms with Crippen LogP contribution in [0.25, 0.3) is 0 Å². The van der Waals surface area contributed by atoms with Crippen molar-refractivity contribution in [1.82, 2.24) is 0 Å². The Kier molecular flexibility index (Phi) is 3.51. The molecule has 0 aromatic heterocycles. The molecule has 98 valence electrons. The maximum Gasteiger partial charge on any atom is 0.195 e. The Morgan fingerprint density at radius 2 is 1.95 bits per heavy atom. The number of hydrogen-bond acceptors (Lipinski definition) is 3. The Balaban J connectivity index is 2.44. The van der Waals surface area contributed by atoms with Crippen LogP contribution in [-0.4, -0.2) is 12.9 Å². The fourth-order valence-corrected chi connectivity index (χ4v) is 1.90. The third-order valence-corrected chi connectivity index (χ3v) is 2.81. The summed E-state index contributed by atoms with van der Waals surface area (Å²) in [5.74, 6) is -0.164. The van der Waals surface area contributed by atoms with Gasteiger partial charge in [0.05, 0.1) is 7.11 Å². The summed E-state index contributed by atoms with van der Waals surface area (Å²) in [5.41, 5.74) is 7.44. The average molecular weight is 259 g/mol. The van der Waals surface area contributed by atoms with Gasteiger partial charge in [-0.1, -0.05) is 0 Å². The van der Waals surface area contributed by atoms with Crippen molar-refractivity contribution in [3.63, 3.8) is 0 Å². The van der Waals surface area contributed by atoms with E-state index in [1.54, 1.807) is 31.2 Å². The summed E-state index contributed by atoms with van der Waals surface area (Å²) in [6.07, 6.45) is 0. The van der Waals surface area contributed by atoms with Gasteiger partial charge in [-0.3, -0.25) is 4.79 Å². The highest BCUT2D eigenvalue weighted by Gasteiger charge is 2.14. The zero-order chi connectivity index (χ0) is 14.0. The monoisotopic (exact) mass is 259 g/mol. The maximum atomic E-state index is 13.3. The number of rotatable bonds is 3. The number of ketones is 1. The van der Waals surface area contributed by atoms with E-state index in [2.05, 4.69) is 0 Å². The van der Waals surface area contributed by atoms with Gasteiger partial charge >= 0.3 is 0 Å². The van der Waals surface area contributed by atoms with Gasteiger partial charge in [0.2, 0.25) is 0 Å². The minimum Gasteiger partial charge on any atom is -0.497 e. The summed E-state index contributed by atoms with van der Waals surface area (Å²) in [5, 5.41) is 0. The van der Waals surface area contributed by atoms with Crippen molar-refractivity contribution in [2.75, 3.05) is 12.8 Å². The largest absolute Gasteiger partial charge is 0.497 e. The molecule has 2 aromatic carbocycles. The number of carbonyl (C=O) groups is 1. The Morgan fingerprint density at radius 3 is 2.53 bits per heavy atom. The van der Waals surface area contributed by atoms with Crippen LogP contribution in [0, 0.1) is 12.7 Å². The number of nitrogen functional groups attached to an aromatic ring is 1. The van der Waals surface area contributed by atoms with Gasteiger partial charge in [-0.25, -0.2) is 4.39 Å². The van der Waals surface area contributed by atoms with Gasteiger partial charge in [-0.05, 0) is 42.8 Å². The highest BCUT2D eigenvalue weighted by Crippen LogP contribution is 2.23. The van der Waals surface area contributed by atoms with Gasteiger partial charge in [-0.15, -0.1) is 0 Å². The van der Waals surface area contributed by atoms with Gasteiger partial charge in [0.25, 0.3) is 0 Å². The molecule has 0 aliphatic heterocycles. The predicted molar refractivity (Wildman–Crippen MR) is 72.0 cm³/mol. The number of benzene rings is 2. The van der Waals surface area contributed by atoms with Crippen molar-refractivity contribution >= 4 is 11.5 Å². The number of anilines is 1. The van der Waals surface area contributed by atoms with Crippen molar-refractivity contribution in [3.05, 3.63) is 58.9 Å². The summed E-state index contributed by atoms with van der Waals surface area (Å²) in [6.45, 7) is 1.73. The van der Waals surface area contributed by atoms with Crippen LogP contribution in [0.1, 0.15) is 21.5 Å². The Hall–Kier alpha value is -2.36. The molecule has 2 rings (SSSR count). The molecule has 19 heavy (non-hydrogen) atoms. The molecule has 0 amide bonds. The molecule has 2 N–H and O–H groups in total. The summed E-state index contributed by atoms with van der Waals surface area (Å²) in [4.78, 5) is 12.3. The number of nitrogens with two attached hydrogens (primary N) is 1. The number of methoxy groups -OCH3 is 1. The van der Waals surface area contributed by atoms with Gasteiger partial charge in [-0.2, -0.15) is 0 Å². The standard InChI is InChI=1S/C15H14FNO2/c1-9-5-10(7-11(16)6-9)15(18)13-4-3-12(19-2)8-14(13)17/h3-8H,17H2,1-2H3. The van der Waals surface area contributed by atoms with Crippen LogP contribution in [-0.2, 0) is 0 Å². The quantitative estimate of drug-likeness (QED) is 0.681. The van der Waals surface area contributed by atoms with Gasteiger partial charge in [0, 0.05) is 22.9 Å². The topological polar surface area (TPSA) is 52.3 Å². The van der Waals surface area contributed by atoms with E-state index in [1.165, 1.54) is 19.2 Å². The first-order chi connectivity index (χ1) is 9.01. The lowest BCUT2D eigenvalue weighted by Crippen LogP contribution is -2.06. The molecule has 0 saturated carbocycles. The Morgan fingerprint density at radius 1 is 1.21 bits per heavy atom. The molecule has 0 radical (unpaired) electrons. The van der Waals surface area contributed by atoms with Gasteiger partial charge < -0.3 is 10.5 Å². The first kappa shape index (κ1) is 13.1. The summed E-state index contributed by atoms with van der Waals surface area (Å²) in [7, 11) is 1.52. The fourth-order valence-electron chi connectivity index (χ4n) is 1.90. The van der Waals surface area contributed by atoms with E-state index in [4.69, 9.17) is 10.5 Å². The molecule has 0 saturated heterocycles. The summed E-state index contributed by atoms with van der Waals surface area (Å²) >= 11 is 0. The number of halogens is 1. The highest BCUT2D eigenvalue weighted by atomic mass is 19.1. The first-order valence-electron chi connectivity index (χ1n) is 5.76. The van der Waals surface area contributed by atoms with Crippen LogP contribution in [0.2, 0.25) is 0 Å². The molecule has 3 nitrogen and oxygen atoms in total. The van der Waals surface area contributed by atoms with Crippen LogP contribution in [0.15, 0.2) is 36.4 Å². The van der Waals surface area contributed by atoms with Crippen LogP contribution in [0.4, 0.5) is 10.1 Å². The molecule has 0 atom stereocenters. The summed E-state index contributed by atoms with van der Waals surface area (Å²) in [6, 6.07) is 9.01. The normalized spacial score (nSPS) is 10.3. The molecule has 0 fully saturated rings. The Labute approximate surface area is 110 Å². The zero-order valence-corrected chi connectivity index (χ0v) is 10.7. The third kappa shape index (κ3) is 2.73. The summed E-state index contributed by atoms with van der Waals surface area (Å²) < 4.78 is 18.3. The predicted octanol–water partition coefficient (Wildman–Crippen LogP) is 2.96. The minimum absolute atomic E-state index is 0.286. The van der Waals surface area contributed by atoms with E-state index in [0.29, 0.717) is 22.6 Å². The smallest absolute Gasteiger partial charge is 0.195 e. The maximum absolute atomic E-state index is 13.3. The average Bonchev–Trinajstić information content (AvgIpc) is 2.36. The van der Waals surface area contributed by atoms with Gasteiger partial charge in [0.1, 0.15) is 11.6 Å². The Bertz CT molecular complexity index is 618. The first-order valence-corrected chi connectivity index (χ1v) is 5.76. The highest BCUT2D eigenvalue weighted by molar-refractivity contribution is 6.12. The molecule has 4 heteroatoms. The fraction of sp³-hybridized carbons (Fsp3) is 0.133. The number of ether oxygens (including phenoxy) is 1. The molecular weight excluding hydrogens is 245 g/mol. The SMILES string of the molecule is COc1ccc(C(=O)c2cc(C)cc(F)c2)c(N)c1. The molecule has 0 unspecified atom stereocenters. The lowest BCUT2D eigenvalue weighted by Gasteiger charge is -2.08. The number of carbonyl (C=O) groups excluding carboxylic acids is 1. The second-order valence-corrected chi connectivity index (χ2v) is 4.30. The molecule has 0 heterocycles. The molecule has 0 aliphatic carbocycles. The lowest BCUT2D eigenvalue weighted by molar-refractivity contribution is 0.103. The van der Waals surface area contributed by atoms with E-state index < -0.39 is 5.82 Å². The molecular formula is C15H14FNO2. The van der Waals surface area contributed by atoms with Gasteiger partial charge in [0.15, 0.2) is 5.78 Å². The van der Waals surface area contributed by atoms with E-state index in [0.717, 1.165) is 0 Å². The second-order valence-electron chi connectivity index (χ2n) is 4.30. The van der Waals surface area contributed by atoms with Crippen LogP contribution >= 0.6 is 0 Å². The van der Waals surface area contributed by atoms with Crippen LogP contribution in [0.3, 0.4) is 0 Å². The van der Waals surface area contributed by atoms with E-state index in [1.807, 2.05) is 0 Å². The van der Waals surface area contributed by atoms with Crippen molar-refractivity contribution in [1.29, 1.82) is 0 Å². The molecule has 2 aromatic rings. The van der Waals surface area contributed by atoms with Crippen molar-refractivity contribution in [2.45, 2.75) is 6.92 Å². The van der Waals surface area contributed by atoms with E-state index in [-0.39, 0.29) is 11.3 Å². The van der Waals surface area contributed by atoms with Crippen molar-refractivity contribution in [3.8, 4) is 5.75 Å². The molecule has 0 aliphatic rings. The zero-order valence-electron chi connectivity index (χ0n) is 10.7. The minimum atomic E-state index is -0.435. The van der Waals surface area contributed by atoms with E-state index in [9.17, 15) is 9.18 Å². The third-order valence-electron chi connectivity index (χ3n) is 2.81. The van der Waals surface area contributed by atoms with Crippen LogP contribution < -0.4 is 10.5 Å². The lowest BCUT2D eigenvalue weighted by atomic mass is 10.00. The molecule has 0 spiro atoms. The van der Waals surface area contributed by atoms with Crippen molar-refractivity contribution < 1.29 is 13.9 Å². The van der Waals surface area contributed by atoms with E-state index >= 15 is 0 Å². The second kappa shape index (κ2) is 5.10. The molecule has 0 bridgehead atoms. The van der Waals surface area contributed by atoms with Crippen LogP contribution in [0.5, 0.6) is 5.75 Å². The number of hydrogen-bond donors (Lipinski definition) is 1. The number of aryl methyl sites for hydroxylation is 1.